The number of ether oxygens (including phenoxy) is 1. The molecule has 0 radical (unpaired) electrons. The zero-order chi connectivity index (χ0) is 16.7. The van der Waals surface area contributed by atoms with Crippen molar-refractivity contribution in [1.29, 1.82) is 0 Å². The molecule has 0 atom stereocenters. The van der Waals surface area contributed by atoms with Crippen molar-refractivity contribution in [2.45, 2.75) is 0 Å². The Hall–Kier alpha value is -2.83. The fourth-order valence-corrected chi connectivity index (χ4v) is 1.90. The minimum Gasteiger partial charge on any atom is -0.497 e. The Kier molecular flexibility index (Phi) is 5.74. The van der Waals surface area contributed by atoms with Gasteiger partial charge < -0.3 is 20.3 Å². The molecule has 0 aliphatic heterocycles. The minimum absolute atomic E-state index is 0.123. The van der Waals surface area contributed by atoms with Crippen LogP contribution in [-0.2, 0) is 0 Å². The summed E-state index contributed by atoms with van der Waals surface area (Å²) in [5.41, 5.74) is 1.56. The molecule has 0 spiro atoms. The molecule has 2 aromatic rings. The monoisotopic (exact) mass is 315 g/mol. The number of rotatable bonds is 7. The number of aromatic nitrogens is 2. The molecular weight excluding hydrogens is 294 g/mol. The van der Waals surface area contributed by atoms with Crippen LogP contribution in [-0.4, -0.2) is 50.4 Å². The molecule has 122 valence electrons. The predicted octanol–water partition coefficient (Wildman–Crippen LogP) is 1.39. The molecule has 0 saturated carbocycles. The van der Waals surface area contributed by atoms with Crippen LogP contribution >= 0.6 is 0 Å². The average Bonchev–Trinajstić information content (AvgIpc) is 2.59. The van der Waals surface area contributed by atoms with Gasteiger partial charge in [0.1, 0.15) is 5.75 Å². The highest BCUT2D eigenvalue weighted by molar-refractivity contribution is 5.94. The Morgan fingerprint density at radius 3 is 2.61 bits per heavy atom. The first-order valence-corrected chi connectivity index (χ1v) is 7.26. The molecule has 1 aromatic carbocycles. The molecule has 0 unspecified atom stereocenters. The number of anilines is 2. The van der Waals surface area contributed by atoms with Crippen LogP contribution in [0.3, 0.4) is 0 Å². The maximum atomic E-state index is 12.0. The second kappa shape index (κ2) is 7.98. The third kappa shape index (κ3) is 4.84. The minimum atomic E-state index is -0.123. The molecule has 0 aliphatic carbocycles. The van der Waals surface area contributed by atoms with Gasteiger partial charge in [0.2, 0.25) is 0 Å². The lowest BCUT2D eigenvalue weighted by molar-refractivity contribution is 0.0955. The molecule has 1 amide bonds. The summed E-state index contributed by atoms with van der Waals surface area (Å²) in [6.07, 6.45) is 1.69. The Bertz CT molecular complexity index is 643. The van der Waals surface area contributed by atoms with E-state index in [1.165, 1.54) is 0 Å². The summed E-state index contributed by atoms with van der Waals surface area (Å²) in [6, 6.07) is 8.88. The van der Waals surface area contributed by atoms with E-state index in [4.69, 9.17) is 4.74 Å². The fraction of sp³-hybridized carbons (Fsp3) is 0.312. The molecule has 7 nitrogen and oxygen atoms in total. The van der Waals surface area contributed by atoms with E-state index in [1.807, 2.05) is 25.1 Å². The summed E-state index contributed by atoms with van der Waals surface area (Å²) >= 11 is 0. The predicted molar refractivity (Wildman–Crippen MR) is 90.2 cm³/mol. The Labute approximate surface area is 135 Å². The first kappa shape index (κ1) is 16.5. The van der Waals surface area contributed by atoms with Crippen LogP contribution in [0.15, 0.2) is 36.5 Å². The van der Waals surface area contributed by atoms with Crippen LogP contribution in [0, 0.1) is 0 Å². The molecule has 7 heteroatoms. The second-order valence-corrected chi connectivity index (χ2v) is 5.10. The summed E-state index contributed by atoms with van der Waals surface area (Å²) in [6.45, 7) is 1.05. The van der Waals surface area contributed by atoms with Crippen LogP contribution in [0.4, 0.5) is 11.5 Å². The van der Waals surface area contributed by atoms with Crippen molar-refractivity contribution in [1.82, 2.24) is 15.5 Å². The first-order chi connectivity index (χ1) is 11.1. The summed E-state index contributed by atoms with van der Waals surface area (Å²) in [7, 11) is 5.47. The first-order valence-electron chi connectivity index (χ1n) is 7.26. The van der Waals surface area contributed by atoms with Gasteiger partial charge in [0.15, 0.2) is 5.82 Å². The normalized spacial score (nSPS) is 10.0. The molecule has 23 heavy (non-hydrogen) atoms. The van der Waals surface area contributed by atoms with Gasteiger partial charge in [0, 0.05) is 38.8 Å². The molecule has 1 aromatic heterocycles. The van der Waals surface area contributed by atoms with Crippen molar-refractivity contribution < 1.29 is 9.53 Å². The largest absolute Gasteiger partial charge is 0.497 e. The third-order valence-electron chi connectivity index (χ3n) is 3.23. The van der Waals surface area contributed by atoms with Crippen molar-refractivity contribution in [3.8, 4) is 5.75 Å². The van der Waals surface area contributed by atoms with Crippen molar-refractivity contribution in [2.75, 3.05) is 44.5 Å². The summed E-state index contributed by atoms with van der Waals surface area (Å²) in [5.74, 6) is 1.28. The van der Waals surface area contributed by atoms with Crippen LogP contribution in [0.1, 0.15) is 10.4 Å². The zero-order valence-corrected chi connectivity index (χ0v) is 13.5. The summed E-state index contributed by atoms with van der Waals surface area (Å²) in [4.78, 5) is 13.9. The maximum absolute atomic E-state index is 12.0. The van der Waals surface area contributed by atoms with Crippen LogP contribution < -0.4 is 20.3 Å². The quantitative estimate of drug-likeness (QED) is 0.752. The summed E-state index contributed by atoms with van der Waals surface area (Å²) in [5, 5.41) is 13.9. The van der Waals surface area contributed by atoms with Crippen LogP contribution in [0.5, 0.6) is 5.75 Å². The number of hydrogen-bond donors (Lipinski definition) is 2. The average molecular weight is 315 g/mol. The lowest BCUT2D eigenvalue weighted by atomic mass is 10.2. The topological polar surface area (TPSA) is 79.4 Å². The molecular formula is C16H21N5O2. The van der Waals surface area contributed by atoms with E-state index in [0.29, 0.717) is 24.5 Å². The number of amides is 1. The maximum Gasteiger partial charge on any atom is 0.251 e. The number of carbonyl (C=O) groups is 1. The highest BCUT2D eigenvalue weighted by Crippen LogP contribution is 2.12. The molecule has 0 saturated heterocycles. The van der Waals surface area contributed by atoms with Crippen molar-refractivity contribution in [3.63, 3.8) is 0 Å². The Morgan fingerprint density at radius 1 is 1.22 bits per heavy atom. The van der Waals surface area contributed by atoms with Gasteiger partial charge in [-0.15, -0.1) is 5.10 Å². The highest BCUT2D eigenvalue weighted by Gasteiger charge is 2.05. The van der Waals surface area contributed by atoms with Gasteiger partial charge in [-0.2, -0.15) is 5.10 Å². The standard InChI is InChI=1S/C16H21N5O2/c1-21(2)13-10-15(20-19-11-13)17-8-9-18-16(22)12-4-6-14(23-3)7-5-12/h4-7,10-11H,8-9H2,1-3H3,(H,17,20)(H,18,22). The van der Waals surface area contributed by atoms with Crippen molar-refractivity contribution in [2.24, 2.45) is 0 Å². The van der Waals surface area contributed by atoms with Gasteiger partial charge in [0.25, 0.3) is 5.91 Å². The van der Waals surface area contributed by atoms with E-state index < -0.39 is 0 Å². The third-order valence-corrected chi connectivity index (χ3v) is 3.23. The lowest BCUT2D eigenvalue weighted by Gasteiger charge is -2.13. The zero-order valence-electron chi connectivity index (χ0n) is 13.5. The highest BCUT2D eigenvalue weighted by atomic mass is 16.5. The van der Waals surface area contributed by atoms with Gasteiger partial charge in [-0.3, -0.25) is 4.79 Å². The van der Waals surface area contributed by atoms with E-state index in [0.717, 1.165) is 11.4 Å². The van der Waals surface area contributed by atoms with Gasteiger partial charge in [-0.05, 0) is 24.3 Å². The van der Waals surface area contributed by atoms with E-state index in [9.17, 15) is 4.79 Å². The molecule has 1 heterocycles. The van der Waals surface area contributed by atoms with Gasteiger partial charge in [-0.1, -0.05) is 0 Å². The second-order valence-electron chi connectivity index (χ2n) is 5.10. The Balaban J connectivity index is 1.78. The lowest BCUT2D eigenvalue weighted by Crippen LogP contribution is -2.28. The number of nitrogens with one attached hydrogen (secondary N) is 2. The van der Waals surface area contributed by atoms with Gasteiger partial charge in [0.05, 0.1) is 19.0 Å². The van der Waals surface area contributed by atoms with Gasteiger partial charge >= 0.3 is 0 Å². The molecule has 0 aliphatic rings. The van der Waals surface area contributed by atoms with Gasteiger partial charge in [-0.25, -0.2) is 0 Å². The molecule has 2 N–H and O–H groups in total. The van der Waals surface area contributed by atoms with E-state index >= 15 is 0 Å². The number of carbonyl (C=O) groups excluding carboxylic acids is 1. The number of nitrogens with zero attached hydrogens (tertiary/aromatic N) is 3. The Morgan fingerprint density at radius 2 is 1.96 bits per heavy atom. The van der Waals surface area contributed by atoms with E-state index in [2.05, 4.69) is 20.8 Å². The number of benzene rings is 1. The molecule has 0 fully saturated rings. The number of methoxy groups -OCH3 is 1. The van der Waals surface area contributed by atoms with Crippen molar-refractivity contribution >= 4 is 17.4 Å². The molecule has 2 rings (SSSR count). The molecule has 0 bridgehead atoms. The van der Waals surface area contributed by atoms with Crippen LogP contribution in [0.2, 0.25) is 0 Å². The van der Waals surface area contributed by atoms with Crippen molar-refractivity contribution in [3.05, 3.63) is 42.1 Å². The number of hydrogen-bond acceptors (Lipinski definition) is 6. The van der Waals surface area contributed by atoms with Crippen LogP contribution in [0.25, 0.3) is 0 Å². The van der Waals surface area contributed by atoms with E-state index in [1.54, 1.807) is 37.6 Å². The van der Waals surface area contributed by atoms with E-state index in [-0.39, 0.29) is 5.91 Å². The summed E-state index contributed by atoms with van der Waals surface area (Å²) < 4.78 is 5.06. The fourth-order valence-electron chi connectivity index (χ4n) is 1.90. The smallest absolute Gasteiger partial charge is 0.251 e. The SMILES string of the molecule is COc1ccc(C(=O)NCCNc2cc(N(C)C)cnn2)cc1.